The van der Waals surface area contributed by atoms with Gasteiger partial charge in [-0.25, -0.2) is 13.1 Å². The number of benzene rings is 1. The summed E-state index contributed by atoms with van der Waals surface area (Å²) in [6, 6.07) is 6.81. The highest BCUT2D eigenvalue weighted by Crippen LogP contribution is 2.25. The first kappa shape index (κ1) is 18.7. The van der Waals surface area contributed by atoms with Crippen molar-refractivity contribution in [1.82, 2.24) is 10.0 Å². The van der Waals surface area contributed by atoms with Gasteiger partial charge in [-0.1, -0.05) is 26.2 Å². The van der Waals surface area contributed by atoms with E-state index in [0.29, 0.717) is 16.7 Å². The highest BCUT2D eigenvalue weighted by Gasteiger charge is 2.26. The SMILES string of the molecule is CC1CNCCC1NS(=O)(=O)c1ccc(OCC2CCCCC2)cc1. The molecule has 1 heterocycles. The van der Waals surface area contributed by atoms with Crippen molar-refractivity contribution in [3.8, 4) is 5.75 Å². The minimum absolute atomic E-state index is 0.00604. The molecule has 1 aromatic carbocycles. The van der Waals surface area contributed by atoms with Crippen molar-refractivity contribution in [2.45, 2.75) is 56.4 Å². The summed E-state index contributed by atoms with van der Waals surface area (Å²) in [5, 5.41) is 3.29. The molecule has 2 fully saturated rings. The Morgan fingerprint density at radius 1 is 1.12 bits per heavy atom. The van der Waals surface area contributed by atoms with Crippen molar-refractivity contribution in [3.05, 3.63) is 24.3 Å². The van der Waals surface area contributed by atoms with Crippen LogP contribution in [0.5, 0.6) is 5.75 Å². The first-order valence-electron chi connectivity index (χ1n) is 9.50. The van der Waals surface area contributed by atoms with Crippen LogP contribution in [0, 0.1) is 11.8 Å². The Balaban J connectivity index is 1.56. The monoisotopic (exact) mass is 366 g/mol. The Morgan fingerprint density at radius 2 is 1.84 bits per heavy atom. The van der Waals surface area contributed by atoms with E-state index in [1.165, 1.54) is 32.1 Å². The quantitative estimate of drug-likeness (QED) is 0.812. The molecule has 1 aromatic rings. The van der Waals surface area contributed by atoms with Crippen LogP contribution >= 0.6 is 0 Å². The van der Waals surface area contributed by atoms with E-state index in [9.17, 15) is 8.42 Å². The van der Waals surface area contributed by atoms with Gasteiger partial charge in [0.25, 0.3) is 0 Å². The molecule has 140 valence electrons. The van der Waals surface area contributed by atoms with Gasteiger partial charge in [-0.05, 0) is 68.5 Å². The predicted molar refractivity (Wildman–Crippen MR) is 99.3 cm³/mol. The van der Waals surface area contributed by atoms with Crippen LogP contribution in [0.25, 0.3) is 0 Å². The lowest BCUT2D eigenvalue weighted by molar-refractivity contribution is 0.209. The van der Waals surface area contributed by atoms with E-state index in [0.717, 1.165) is 31.9 Å². The molecule has 1 aliphatic carbocycles. The normalized spacial score (nSPS) is 25.6. The molecule has 25 heavy (non-hydrogen) atoms. The smallest absolute Gasteiger partial charge is 0.240 e. The molecule has 0 spiro atoms. The molecule has 5 nitrogen and oxygen atoms in total. The highest BCUT2D eigenvalue weighted by atomic mass is 32.2. The molecule has 0 amide bonds. The average Bonchev–Trinajstić information content (AvgIpc) is 2.63. The standard InChI is InChI=1S/C19H30N2O3S/c1-15-13-20-12-11-19(15)21-25(22,23)18-9-7-17(8-10-18)24-14-16-5-3-2-4-6-16/h7-10,15-16,19-21H,2-6,11-14H2,1H3. The molecule has 0 bridgehead atoms. The van der Waals surface area contributed by atoms with E-state index in [4.69, 9.17) is 4.74 Å². The number of rotatable bonds is 6. The zero-order valence-corrected chi connectivity index (χ0v) is 15.9. The second-order valence-electron chi connectivity index (χ2n) is 7.48. The minimum Gasteiger partial charge on any atom is -0.493 e. The molecule has 0 aromatic heterocycles. The Morgan fingerprint density at radius 3 is 2.52 bits per heavy atom. The van der Waals surface area contributed by atoms with E-state index in [2.05, 4.69) is 17.0 Å². The van der Waals surface area contributed by atoms with E-state index in [-0.39, 0.29) is 6.04 Å². The molecular weight excluding hydrogens is 336 g/mol. The topological polar surface area (TPSA) is 67.4 Å². The van der Waals surface area contributed by atoms with Crippen LogP contribution in [0.3, 0.4) is 0 Å². The third-order valence-electron chi connectivity index (χ3n) is 5.44. The summed E-state index contributed by atoms with van der Waals surface area (Å²) < 4.78 is 33.9. The number of nitrogens with one attached hydrogen (secondary N) is 2. The Kier molecular flexibility index (Phi) is 6.36. The molecular formula is C19H30N2O3S. The molecule has 3 rings (SSSR count). The van der Waals surface area contributed by atoms with Crippen LogP contribution in [0.15, 0.2) is 29.2 Å². The van der Waals surface area contributed by atoms with Gasteiger partial charge < -0.3 is 10.1 Å². The maximum Gasteiger partial charge on any atom is 0.240 e. The number of hydrogen-bond acceptors (Lipinski definition) is 4. The largest absolute Gasteiger partial charge is 0.493 e. The first-order valence-corrected chi connectivity index (χ1v) is 11.0. The minimum atomic E-state index is -3.48. The van der Waals surface area contributed by atoms with Crippen molar-refractivity contribution >= 4 is 10.0 Å². The van der Waals surface area contributed by atoms with Gasteiger partial charge in [0.15, 0.2) is 0 Å². The molecule has 1 saturated heterocycles. The van der Waals surface area contributed by atoms with Crippen LogP contribution in [0.1, 0.15) is 45.4 Å². The van der Waals surface area contributed by atoms with E-state index >= 15 is 0 Å². The second-order valence-corrected chi connectivity index (χ2v) is 9.20. The van der Waals surface area contributed by atoms with E-state index in [1.54, 1.807) is 24.3 Å². The van der Waals surface area contributed by atoms with Crippen molar-refractivity contribution in [2.75, 3.05) is 19.7 Å². The lowest BCUT2D eigenvalue weighted by Gasteiger charge is -2.29. The van der Waals surface area contributed by atoms with E-state index in [1.807, 2.05) is 0 Å². The number of ether oxygens (including phenoxy) is 1. The second kappa shape index (κ2) is 8.52. The Hall–Kier alpha value is -1.11. The zero-order valence-electron chi connectivity index (χ0n) is 15.0. The van der Waals surface area contributed by atoms with Crippen molar-refractivity contribution < 1.29 is 13.2 Å². The predicted octanol–water partition coefficient (Wildman–Crippen LogP) is 2.92. The van der Waals surface area contributed by atoms with Crippen LogP contribution in [0.4, 0.5) is 0 Å². The van der Waals surface area contributed by atoms with Gasteiger partial charge in [-0.2, -0.15) is 0 Å². The maximum atomic E-state index is 12.6. The molecule has 2 N–H and O–H groups in total. The number of hydrogen-bond donors (Lipinski definition) is 2. The van der Waals surface area contributed by atoms with Crippen LogP contribution in [0.2, 0.25) is 0 Å². The maximum absolute atomic E-state index is 12.6. The summed E-state index contributed by atoms with van der Waals surface area (Å²) in [7, 11) is -3.48. The lowest BCUT2D eigenvalue weighted by Crippen LogP contribution is -2.48. The van der Waals surface area contributed by atoms with Gasteiger partial charge in [0.05, 0.1) is 11.5 Å². The van der Waals surface area contributed by atoms with E-state index < -0.39 is 10.0 Å². The number of piperidine rings is 1. The average molecular weight is 367 g/mol. The van der Waals surface area contributed by atoms with Crippen LogP contribution in [-0.4, -0.2) is 34.2 Å². The van der Waals surface area contributed by atoms with Crippen molar-refractivity contribution in [2.24, 2.45) is 11.8 Å². The van der Waals surface area contributed by atoms with Crippen molar-refractivity contribution in [1.29, 1.82) is 0 Å². The summed E-state index contributed by atoms with van der Waals surface area (Å²) in [6.07, 6.45) is 7.24. The third kappa shape index (κ3) is 5.19. The summed E-state index contributed by atoms with van der Waals surface area (Å²) in [5.74, 6) is 1.68. The first-order chi connectivity index (χ1) is 12.0. The van der Waals surface area contributed by atoms with Gasteiger partial charge >= 0.3 is 0 Å². The lowest BCUT2D eigenvalue weighted by atomic mass is 9.90. The van der Waals surface area contributed by atoms with Crippen LogP contribution < -0.4 is 14.8 Å². The Bertz CT molecular complexity index is 639. The van der Waals surface area contributed by atoms with Gasteiger partial charge in [-0.15, -0.1) is 0 Å². The summed E-state index contributed by atoms with van der Waals surface area (Å²) >= 11 is 0. The third-order valence-corrected chi connectivity index (χ3v) is 6.94. The Labute approximate surface area is 151 Å². The molecule has 2 aliphatic rings. The molecule has 2 unspecified atom stereocenters. The van der Waals surface area contributed by atoms with Crippen LogP contribution in [-0.2, 0) is 10.0 Å². The summed E-state index contributed by atoms with van der Waals surface area (Å²) in [6.45, 7) is 4.51. The zero-order chi connectivity index (χ0) is 17.7. The van der Waals surface area contributed by atoms with Gasteiger partial charge in [0, 0.05) is 6.04 Å². The van der Waals surface area contributed by atoms with Gasteiger partial charge in [0.1, 0.15) is 5.75 Å². The molecule has 0 radical (unpaired) electrons. The van der Waals surface area contributed by atoms with Gasteiger partial charge in [0.2, 0.25) is 10.0 Å². The summed E-state index contributed by atoms with van der Waals surface area (Å²) in [4.78, 5) is 0.309. The molecule has 6 heteroatoms. The fourth-order valence-electron chi connectivity index (χ4n) is 3.74. The molecule has 2 atom stereocenters. The summed E-state index contributed by atoms with van der Waals surface area (Å²) in [5.41, 5.74) is 0. The molecule has 1 saturated carbocycles. The number of sulfonamides is 1. The van der Waals surface area contributed by atoms with Gasteiger partial charge in [-0.3, -0.25) is 0 Å². The molecule has 1 aliphatic heterocycles. The van der Waals surface area contributed by atoms with Crippen molar-refractivity contribution in [3.63, 3.8) is 0 Å². The fraction of sp³-hybridized carbons (Fsp3) is 0.684. The fourth-order valence-corrected chi connectivity index (χ4v) is 5.12. The highest BCUT2D eigenvalue weighted by molar-refractivity contribution is 7.89.